The molecule has 104 valence electrons. The number of ether oxygens (including phenoxy) is 2. The van der Waals surface area contributed by atoms with Crippen LogP contribution < -0.4 is 4.74 Å². The summed E-state index contributed by atoms with van der Waals surface area (Å²) in [4.78, 5) is 0. The lowest BCUT2D eigenvalue weighted by Gasteiger charge is -2.37. The van der Waals surface area contributed by atoms with E-state index in [4.69, 9.17) is 9.47 Å². The first-order valence-electron chi connectivity index (χ1n) is 6.50. The molecule has 0 aliphatic carbocycles. The lowest BCUT2D eigenvalue weighted by atomic mass is 9.91. The van der Waals surface area contributed by atoms with Crippen LogP contribution in [0.15, 0.2) is 22.7 Å². The summed E-state index contributed by atoms with van der Waals surface area (Å²) in [6.07, 6.45) is 3.01. The zero-order chi connectivity index (χ0) is 13.3. The van der Waals surface area contributed by atoms with E-state index >= 15 is 0 Å². The number of benzene rings is 1. The Hall–Kier alpha value is -0.260. The highest BCUT2D eigenvalue weighted by Gasteiger charge is 2.41. The third kappa shape index (κ3) is 3.26. The van der Waals surface area contributed by atoms with Crippen molar-refractivity contribution in [2.24, 2.45) is 0 Å². The molecule has 1 aromatic carbocycles. The molecule has 2 nitrogen and oxygen atoms in total. The monoisotopic (exact) mass is 346 g/mol. The molecule has 0 saturated carbocycles. The molecule has 2 saturated heterocycles. The second-order valence-corrected chi connectivity index (χ2v) is 7.19. The molecule has 0 amide bonds. The van der Waals surface area contributed by atoms with E-state index in [9.17, 15) is 4.39 Å². The number of hydrogen-bond donors (Lipinski definition) is 0. The quantitative estimate of drug-likeness (QED) is 0.805. The molecular weight excluding hydrogens is 331 g/mol. The summed E-state index contributed by atoms with van der Waals surface area (Å²) in [5.41, 5.74) is -0.00184. The van der Waals surface area contributed by atoms with Crippen LogP contribution in [0.3, 0.4) is 0 Å². The Morgan fingerprint density at radius 1 is 1.42 bits per heavy atom. The fourth-order valence-electron chi connectivity index (χ4n) is 2.74. The Kier molecular flexibility index (Phi) is 4.06. The molecule has 1 aromatic rings. The normalized spacial score (nSPS) is 30.7. The number of halogens is 2. The van der Waals surface area contributed by atoms with Gasteiger partial charge in [0.2, 0.25) is 0 Å². The van der Waals surface area contributed by atoms with Crippen LogP contribution in [0, 0.1) is 5.82 Å². The molecule has 0 radical (unpaired) electrons. The molecule has 19 heavy (non-hydrogen) atoms. The first-order chi connectivity index (χ1) is 9.15. The van der Waals surface area contributed by atoms with Crippen LogP contribution in [-0.2, 0) is 4.74 Å². The van der Waals surface area contributed by atoms with E-state index in [1.807, 2.05) is 17.8 Å². The van der Waals surface area contributed by atoms with Gasteiger partial charge in [-0.25, -0.2) is 4.39 Å². The van der Waals surface area contributed by atoms with Gasteiger partial charge in [0.15, 0.2) is 0 Å². The fraction of sp³-hybridized carbons (Fsp3) is 0.571. The first-order valence-corrected chi connectivity index (χ1v) is 8.44. The fourth-order valence-corrected chi connectivity index (χ4v) is 4.56. The van der Waals surface area contributed by atoms with Crippen LogP contribution in [0.25, 0.3) is 0 Å². The second kappa shape index (κ2) is 5.62. The van der Waals surface area contributed by atoms with Gasteiger partial charge in [0.1, 0.15) is 17.7 Å². The van der Waals surface area contributed by atoms with Crippen molar-refractivity contribution in [3.05, 3.63) is 28.5 Å². The molecule has 5 heteroatoms. The van der Waals surface area contributed by atoms with Crippen molar-refractivity contribution in [3.8, 4) is 5.75 Å². The van der Waals surface area contributed by atoms with Crippen molar-refractivity contribution in [2.45, 2.75) is 31.0 Å². The minimum atomic E-state index is -0.275. The van der Waals surface area contributed by atoms with Gasteiger partial charge in [-0.05, 0) is 24.3 Å². The first kappa shape index (κ1) is 13.7. The predicted molar refractivity (Wildman–Crippen MR) is 78.4 cm³/mol. The SMILES string of the molecule is Fc1cc(Br)cc(OC2CCOC3(CCSC3)C2)c1. The van der Waals surface area contributed by atoms with Gasteiger partial charge in [0.25, 0.3) is 0 Å². The summed E-state index contributed by atoms with van der Waals surface area (Å²) in [6, 6.07) is 4.69. The van der Waals surface area contributed by atoms with E-state index in [0.717, 1.165) is 37.4 Å². The van der Waals surface area contributed by atoms with E-state index < -0.39 is 0 Å². The van der Waals surface area contributed by atoms with E-state index in [0.29, 0.717) is 10.2 Å². The van der Waals surface area contributed by atoms with Crippen LogP contribution in [0.1, 0.15) is 19.3 Å². The van der Waals surface area contributed by atoms with Crippen LogP contribution in [0.2, 0.25) is 0 Å². The highest BCUT2D eigenvalue weighted by molar-refractivity contribution is 9.10. The lowest BCUT2D eigenvalue weighted by molar-refractivity contribution is -0.0959. The highest BCUT2D eigenvalue weighted by Crippen LogP contribution is 2.39. The lowest BCUT2D eigenvalue weighted by Crippen LogP contribution is -2.43. The molecule has 2 heterocycles. The van der Waals surface area contributed by atoms with Gasteiger partial charge in [0.05, 0.1) is 12.2 Å². The van der Waals surface area contributed by atoms with Crippen LogP contribution >= 0.6 is 27.7 Å². The van der Waals surface area contributed by atoms with Crippen LogP contribution in [-0.4, -0.2) is 29.8 Å². The van der Waals surface area contributed by atoms with Gasteiger partial charge in [-0.1, -0.05) is 15.9 Å². The van der Waals surface area contributed by atoms with Crippen molar-refractivity contribution >= 4 is 27.7 Å². The molecular formula is C14H16BrFO2S. The molecule has 1 spiro atoms. The standard InChI is InChI=1S/C14H16BrFO2S/c15-10-5-11(16)7-13(6-10)18-12-1-3-17-14(8-12)2-4-19-9-14/h5-7,12H,1-4,8-9H2. The Morgan fingerprint density at radius 3 is 3.05 bits per heavy atom. The molecule has 2 aliphatic rings. The van der Waals surface area contributed by atoms with E-state index in [1.165, 1.54) is 12.1 Å². The van der Waals surface area contributed by atoms with Crippen molar-refractivity contribution in [1.82, 2.24) is 0 Å². The molecule has 3 rings (SSSR count). The van der Waals surface area contributed by atoms with Crippen LogP contribution in [0.4, 0.5) is 4.39 Å². The van der Waals surface area contributed by atoms with Gasteiger partial charge < -0.3 is 9.47 Å². The largest absolute Gasteiger partial charge is 0.490 e. The van der Waals surface area contributed by atoms with E-state index in [-0.39, 0.29) is 17.5 Å². The van der Waals surface area contributed by atoms with Crippen LogP contribution in [0.5, 0.6) is 5.75 Å². The maximum atomic E-state index is 13.3. The Bertz CT molecular complexity index is 443. The van der Waals surface area contributed by atoms with Crippen molar-refractivity contribution in [1.29, 1.82) is 0 Å². The average molecular weight is 347 g/mol. The van der Waals surface area contributed by atoms with Crippen molar-refractivity contribution in [2.75, 3.05) is 18.1 Å². The summed E-state index contributed by atoms with van der Waals surface area (Å²) in [5.74, 6) is 2.54. The van der Waals surface area contributed by atoms with Gasteiger partial charge in [0, 0.05) is 29.1 Å². The topological polar surface area (TPSA) is 18.5 Å². The number of thioether (sulfide) groups is 1. The summed E-state index contributed by atoms with van der Waals surface area (Å²) >= 11 is 5.23. The molecule has 2 fully saturated rings. The minimum absolute atomic E-state index is 0.00184. The van der Waals surface area contributed by atoms with Gasteiger partial charge >= 0.3 is 0 Å². The smallest absolute Gasteiger partial charge is 0.128 e. The Balaban J connectivity index is 1.69. The molecule has 2 aliphatic heterocycles. The van der Waals surface area contributed by atoms with E-state index in [2.05, 4.69) is 15.9 Å². The molecule has 2 atom stereocenters. The summed E-state index contributed by atoms with van der Waals surface area (Å²) in [5, 5.41) is 0. The van der Waals surface area contributed by atoms with E-state index in [1.54, 1.807) is 0 Å². The third-order valence-electron chi connectivity index (χ3n) is 3.65. The molecule has 0 aromatic heterocycles. The van der Waals surface area contributed by atoms with Crippen molar-refractivity contribution < 1.29 is 13.9 Å². The molecule has 2 unspecified atom stereocenters. The Morgan fingerprint density at radius 2 is 2.32 bits per heavy atom. The van der Waals surface area contributed by atoms with Gasteiger partial charge in [-0.2, -0.15) is 11.8 Å². The zero-order valence-electron chi connectivity index (χ0n) is 10.5. The van der Waals surface area contributed by atoms with Gasteiger partial charge in [-0.15, -0.1) is 0 Å². The molecule has 0 bridgehead atoms. The third-order valence-corrected chi connectivity index (χ3v) is 5.33. The number of rotatable bonds is 2. The zero-order valence-corrected chi connectivity index (χ0v) is 12.9. The highest BCUT2D eigenvalue weighted by atomic mass is 79.9. The summed E-state index contributed by atoms with van der Waals surface area (Å²) in [7, 11) is 0. The molecule has 0 N–H and O–H groups in total. The van der Waals surface area contributed by atoms with Gasteiger partial charge in [-0.3, -0.25) is 0 Å². The van der Waals surface area contributed by atoms with Crippen molar-refractivity contribution in [3.63, 3.8) is 0 Å². The summed E-state index contributed by atoms with van der Waals surface area (Å²) < 4.78 is 25.9. The summed E-state index contributed by atoms with van der Waals surface area (Å²) in [6.45, 7) is 0.738. The maximum absolute atomic E-state index is 13.3. The number of hydrogen-bond acceptors (Lipinski definition) is 3. The minimum Gasteiger partial charge on any atom is -0.490 e. The second-order valence-electron chi connectivity index (χ2n) is 5.17. The maximum Gasteiger partial charge on any atom is 0.128 e. The average Bonchev–Trinajstić information content (AvgIpc) is 2.76. The predicted octanol–water partition coefficient (Wildman–Crippen LogP) is 4.02. The Labute approximate surface area is 125 Å².